The molecule has 1 heterocycles. The zero-order valence-electron chi connectivity index (χ0n) is 9.74. The number of alkyl halides is 3. The Kier molecular flexibility index (Phi) is 3.77. The van der Waals surface area contributed by atoms with Crippen LogP contribution in [-0.4, -0.2) is 9.97 Å². The molecule has 4 nitrogen and oxygen atoms in total. The largest absolute Gasteiger partial charge is 0.416 e. The van der Waals surface area contributed by atoms with Crippen LogP contribution in [0.25, 0.3) is 0 Å². The van der Waals surface area contributed by atoms with E-state index in [0.717, 1.165) is 12.1 Å². The van der Waals surface area contributed by atoms with E-state index in [9.17, 15) is 13.2 Å². The first kappa shape index (κ1) is 14.1. The van der Waals surface area contributed by atoms with Crippen LogP contribution in [0, 0.1) is 11.3 Å². The smallest absolute Gasteiger partial charge is 0.338 e. The second-order valence-electron chi connectivity index (χ2n) is 3.72. The van der Waals surface area contributed by atoms with Crippen LogP contribution in [0.1, 0.15) is 11.3 Å². The minimum atomic E-state index is -4.45. The Hall–Kier alpha value is -2.33. The molecule has 0 amide bonds. The van der Waals surface area contributed by atoms with Crippen molar-refractivity contribution in [3.63, 3.8) is 0 Å². The summed E-state index contributed by atoms with van der Waals surface area (Å²) in [6.07, 6.45) is -1.93. The van der Waals surface area contributed by atoms with Gasteiger partial charge >= 0.3 is 6.18 Å². The summed E-state index contributed by atoms with van der Waals surface area (Å²) in [4.78, 5) is 7.65. The average molecular weight is 299 g/mol. The third-order valence-electron chi connectivity index (χ3n) is 2.33. The van der Waals surface area contributed by atoms with E-state index in [0.29, 0.717) is 0 Å². The Morgan fingerprint density at radius 3 is 2.45 bits per heavy atom. The van der Waals surface area contributed by atoms with Crippen molar-refractivity contribution in [2.75, 3.05) is 5.32 Å². The maximum atomic E-state index is 12.5. The first-order chi connectivity index (χ1) is 9.40. The molecule has 0 bridgehead atoms. The molecule has 1 N–H and O–H groups in total. The highest BCUT2D eigenvalue weighted by Gasteiger charge is 2.30. The SMILES string of the molecule is N#Cc1cnc(Nc2ccc(C(F)(F)F)cc2Cl)cn1. The highest BCUT2D eigenvalue weighted by molar-refractivity contribution is 6.33. The maximum absolute atomic E-state index is 12.5. The van der Waals surface area contributed by atoms with Gasteiger partial charge in [0.1, 0.15) is 11.9 Å². The molecule has 0 fully saturated rings. The second kappa shape index (κ2) is 5.35. The Morgan fingerprint density at radius 2 is 1.95 bits per heavy atom. The van der Waals surface area contributed by atoms with Crippen molar-refractivity contribution in [2.24, 2.45) is 0 Å². The van der Waals surface area contributed by atoms with Gasteiger partial charge in [-0.15, -0.1) is 0 Å². The molecule has 0 unspecified atom stereocenters. The topological polar surface area (TPSA) is 61.6 Å². The van der Waals surface area contributed by atoms with Crippen LogP contribution in [0.5, 0.6) is 0 Å². The number of anilines is 2. The molecule has 20 heavy (non-hydrogen) atoms. The predicted molar refractivity (Wildman–Crippen MR) is 66.5 cm³/mol. The highest BCUT2D eigenvalue weighted by atomic mass is 35.5. The summed E-state index contributed by atoms with van der Waals surface area (Å²) >= 11 is 5.78. The fraction of sp³-hybridized carbons (Fsp3) is 0.0833. The number of rotatable bonds is 2. The van der Waals surface area contributed by atoms with Gasteiger partial charge in [0.25, 0.3) is 0 Å². The Bertz CT molecular complexity index is 662. The number of aromatic nitrogens is 2. The van der Waals surface area contributed by atoms with Crippen LogP contribution in [0.4, 0.5) is 24.7 Å². The van der Waals surface area contributed by atoms with E-state index >= 15 is 0 Å². The van der Waals surface area contributed by atoms with Crippen molar-refractivity contribution in [2.45, 2.75) is 6.18 Å². The van der Waals surface area contributed by atoms with Crippen molar-refractivity contribution >= 4 is 23.1 Å². The van der Waals surface area contributed by atoms with Crippen molar-refractivity contribution in [1.82, 2.24) is 9.97 Å². The number of hydrogen-bond donors (Lipinski definition) is 1. The molecule has 0 aliphatic carbocycles. The molecule has 1 aromatic carbocycles. The first-order valence-electron chi connectivity index (χ1n) is 5.26. The van der Waals surface area contributed by atoms with Crippen LogP contribution in [0.2, 0.25) is 5.02 Å². The highest BCUT2D eigenvalue weighted by Crippen LogP contribution is 2.34. The molecule has 0 aliphatic heterocycles. The quantitative estimate of drug-likeness (QED) is 0.917. The van der Waals surface area contributed by atoms with Crippen molar-refractivity contribution in [1.29, 1.82) is 5.26 Å². The summed E-state index contributed by atoms with van der Waals surface area (Å²) in [5.41, 5.74) is -0.438. The number of halogens is 4. The molecular weight excluding hydrogens is 293 g/mol. The van der Waals surface area contributed by atoms with Gasteiger partial charge in [-0.25, -0.2) is 9.97 Å². The van der Waals surface area contributed by atoms with Gasteiger partial charge in [0.2, 0.25) is 0 Å². The molecule has 0 saturated carbocycles. The molecule has 2 rings (SSSR count). The summed E-state index contributed by atoms with van der Waals surface area (Å²) in [5.74, 6) is 0.269. The maximum Gasteiger partial charge on any atom is 0.416 e. The standard InChI is InChI=1S/C12H6ClF3N4/c13-9-3-7(12(14,15)16)1-2-10(9)20-11-6-18-8(4-17)5-19-11/h1-3,5-6H,(H,19,20). The minimum Gasteiger partial charge on any atom is -0.338 e. The fourth-order valence-corrected chi connectivity index (χ4v) is 1.61. The van der Waals surface area contributed by atoms with Crippen molar-refractivity contribution < 1.29 is 13.2 Å². The van der Waals surface area contributed by atoms with E-state index in [2.05, 4.69) is 15.3 Å². The van der Waals surface area contributed by atoms with Gasteiger partial charge in [-0.05, 0) is 18.2 Å². The molecule has 102 valence electrons. The second-order valence-corrected chi connectivity index (χ2v) is 4.12. The lowest BCUT2D eigenvalue weighted by atomic mass is 10.2. The summed E-state index contributed by atoms with van der Waals surface area (Å²) in [6.45, 7) is 0. The summed E-state index contributed by atoms with van der Waals surface area (Å²) in [5, 5.41) is 11.2. The van der Waals surface area contributed by atoms with Crippen molar-refractivity contribution in [3.05, 3.63) is 46.9 Å². The third kappa shape index (κ3) is 3.16. The van der Waals surface area contributed by atoms with Gasteiger partial charge in [-0.3, -0.25) is 0 Å². The zero-order chi connectivity index (χ0) is 14.8. The summed E-state index contributed by atoms with van der Waals surface area (Å²) < 4.78 is 37.4. The number of benzene rings is 1. The molecule has 0 spiro atoms. The minimum absolute atomic E-state index is 0.0917. The molecule has 0 radical (unpaired) electrons. The lowest BCUT2D eigenvalue weighted by Crippen LogP contribution is -2.05. The molecule has 1 aromatic heterocycles. The van der Waals surface area contributed by atoms with E-state index in [-0.39, 0.29) is 22.2 Å². The van der Waals surface area contributed by atoms with E-state index < -0.39 is 11.7 Å². The number of hydrogen-bond acceptors (Lipinski definition) is 4. The summed E-state index contributed by atoms with van der Waals surface area (Å²) in [7, 11) is 0. The van der Waals surface area contributed by atoms with Gasteiger partial charge in [0, 0.05) is 0 Å². The number of nitrogens with one attached hydrogen (secondary N) is 1. The first-order valence-corrected chi connectivity index (χ1v) is 5.64. The molecule has 0 saturated heterocycles. The van der Waals surface area contributed by atoms with Gasteiger partial charge in [-0.1, -0.05) is 11.6 Å². The van der Waals surface area contributed by atoms with Crippen LogP contribution < -0.4 is 5.32 Å². The van der Waals surface area contributed by atoms with Gasteiger partial charge < -0.3 is 5.32 Å². The van der Waals surface area contributed by atoms with E-state index in [1.54, 1.807) is 6.07 Å². The van der Waals surface area contributed by atoms with E-state index in [1.807, 2.05) is 0 Å². The van der Waals surface area contributed by atoms with Crippen LogP contribution in [-0.2, 0) is 6.18 Å². The Morgan fingerprint density at radius 1 is 1.20 bits per heavy atom. The third-order valence-corrected chi connectivity index (χ3v) is 2.64. The lowest BCUT2D eigenvalue weighted by Gasteiger charge is -2.11. The fourth-order valence-electron chi connectivity index (χ4n) is 1.38. The van der Waals surface area contributed by atoms with E-state index in [4.69, 9.17) is 16.9 Å². The molecular formula is C12H6ClF3N4. The predicted octanol–water partition coefficient (Wildman–Crippen LogP) is 3.76. The monoisotopic (exact) mass is 298 g/mol. The molecule has 0 aliphatic rings. The van der Waals surface area contributed by atoms with Gasteiger partial charge in [-0.2, -0.15) is 18.4 Å². The van der Waals surface area contributed by atoms with Crippen LogP contribution in [0.3, 0.4) is 0 Å². The van der Waals surface area contributed by atoms with Gasteiger partial charge in [0.05, 0.1) is 28.7 Å². The average Bonchev–Trinajstić information content (AvgIpc) is 2.41. The van der Waals surface area contributed by atoms with Gasteiger partial charge in [0.15, 0.2) is 5.69 Å². The van der Waals surface area contributed by atoms with E-state index in [1.165, 1.54) is 18.5 Å². The normalized spacial score (nSPS) is 10.9. The Balaban J connectivity index is 2.23. The lowest BCUT2D eigenvalue weighted by molar-refractivity contribution is -0.137. The van der Waals surface area contributed by atoms with Crippen molar-refractivity contribution in [3.8, 4) is 6.07 Å². The molecule has 0 atom stereocenters. The van der Waals surface area contributed by atoms with Crippen LogP contribution in [0.15, 0.2) is 30.6 Å². The molecule has 2 aromatic rings. The summed E-state index contributed by atoms with van der Waals surface area (Å²) in [6, 6.07) is 4.73. The Labute approximate surface area is 116 Å². The zero-order valence-corrected chi connectivity index (χ0v) is 10.5. The molecule has 8 heteroatoms. The van der Waals surface area contributed by atoms with Crippen LogP contribution >= 0.6 is 11.6 Å². The number of nitriles is 1. The number of nitrogens with zero attached hydrogens (tertiary/aromatic N) is 3.